The number of aryl methyl sites for hydroxylation is 1. The van der Waals surface area contributed by atoms with Crippen LogP contribution in [0.5, 0.6) is 0 Å². The Kier molecular flexibility index (Phi) is 2.74. The van der Waals surface area contributed by atoms with Crippen molar-refractivity contribution in [2.24, 2.45) is 17.8 Å². The molecule has 2 heterocycles. The highest BCUT2D eigenvalue weighted by Gasteiger charge is 2.57. The third kappa shape index (κ3) is 1.90. The van der Waals surface area contributed by atoms with Gasteiger partial charge in [-0.3, -0.25) is 0 Å². The molecule has 1 aliphatic heterocycles. The zero-order valence-corrected chi connectivity index (χ0v) is 11.1. The van der Waals surface area contributed by atoms with Gasteiger partial charge in [-0.05, 0) is 36.7 Å². The quantitative estimate of drug-likeness (QED) is 0.773. The van der Waals surface area contributed by atoms with E-state index in [9.17, 15) is 0 Å². The van der Waals surface area contributed by atoms with Crippen LogP contribution in [0.1, 0.15) is 19.4 Å². The summed E-state index contributed by atoms with van der Waals surface area (Å²) in [4.78, 5) is 11.2. The molecule has 1 saturated heterocycles. The van der Waals surface area contributed by atoms with Gasteiger partial charge in [-0.25, -0.2) is 9.97 Å². The van der Waals surface area contributed by atoms with Crippen molar-refractivity contribution >= 4 is 17.5 Å². The summed E-state index contributed by atoms with van der Waals surface area (Å²) in [5, 5.41) is 0.315. The Morgan fingerprint density at radius 3 is 2.41 bits per heavy atom. The second kappa shape index (κ2) is 4.13. The molecular weight excluding hydrogens is 234 g/mol. The highest BCUT2D eigenvalue weighted by atomic mass is 35.5. The van der Waals surface area contributed by atoms with Crippen LogP contribution in [0.2, 0.25) is 0 Å². The Labute approximate surface area is 107 Å². The van der Waals surface area contributed by atoms with Gasteiger partial charge in [0, 0.05) is 30.9 Å². The molecule has 1 aromatic rings. The van der Waals surface area contributed by atoms with Gasteiger partial charge >= 0.3 is 0 Å². The Morgan fingerprint density at radius 2 is 1.94 bits per heavy atom. The predicted molar refractivity (Wildman–Crippen MR) is 69.4 cm³/mol. The van der Waals surface area contributed by atoms with E-state index in [0.717, 1.165) is 43.2 Å². The van der Waals surface area contributed by atoms with E-state index in [0.29, 0.717) is 5.38 Å². The molecule has 1 aliphatic carbocycles. The second-order valence-corrected chi connectivity index (χ2v) is 5.92. The highest BCUT2D eigenvalue weighted by molar-refractivity contribution is 6.20. The molecule has 1 saturated carbocycles. The van der Waals surface area contributed by atoms with Crippen LogP contribution in [0.25, 0.3) is 0 Å². The van der Waals surface area contributed by atoms with E-state index in [-0.39, 0.29) is 0 Å². The number of piperidine rings is 1. The van der Waals surface area contributed by atoms with Gasteiger partial charge in [0.25, 0.3) is 0 Å². The summed E-state index contributed by atoms with van der Waals surface area (Å²) in [6.45, 7) is 6.40. The van der Waals surface area contributed by atoms with Crippen molar-refractivity contribution in [1.82, 2.24) is 9.97 Å². The summed E-state index contributed by atoms with van der Waals surface area (Å²) >= 11 is 6.16. The van der Waals surface area contributed by atoms with Crippen molar-refractivity contribution in [3.05, 3.63) is 18.0 Å². The summed E-state index contributed by atoms with van der Waals surface area (Å²) < 4.78 is 0. The first-order valence-electron chi connectivity index (χ1n) is 6.40. The van der Waals surface area contributed by atoms with E-state index in [1.807, 2.05) is 12.4 Å². The Morgan fingerprint density at radius 1 is 1.35 bits per heavy atom. The van der Waals surface area contributed by atoms with Crippen molar-refractivity contribution in [2.45, 2.75) is 25.6 Å². The molecule has 0 radical (unpaired) electrons. The fourth-order valence-corrected chi connectivity index (χ4v) is 3.48. The first kappa shape index (κ1) is 11.3. The number of rotatable bonds is 3. The first-order chi connectivity index (χ1) is 8.20. The molecule has 0 spiro atoms. The van der Waals surface area contributed by atoms with Crippen molar-refractivity contribution in [3.8, 4) is 0 Å². The molecule has 3 atom stereocenters. The Bertz CT molecular complexity index is 392. The van der Waals surface area contributed by atoms with Crippen LogP contribution in [-0.2, 0) is 6.42 Å². The maximum Gasteiger partial charge on any atom is 0.225 e. The summed E-state index contributed by atoms with van der Waals surface area (Å²) in [7, 11) is 0. The number of hydrogen-bond acceptors (Lipinski definition) is 3. The average Bonchev–Trinajstić information content (AvgIpc) is 2.86. The number of halogens is 1. The molecule has 17 heavy (non-hydrogen) atoms. The number of alkyl halides is 1. The molecule has 92 valence electrons. The van der Waals surface area contributed by atoms with E-state index in [2.05, 4.69) is 28.7 Å². The topological polar surface area (TPSA) is 29.0 Å². The van der Waals surface area contributed by atoms with Crippen molar-refractivity contribution in [1.29, 1.82) is 0 Å². The predicted octanol–water partition coefficient (Wildman–Crippen LogP) is 2.35. The van der Waals surface area contributed by atoms with E-state index in [1.165, 1.54) is 5.56 Å². The zero-order valence-electron chi connectivity index (χ0n) is 10.3. The van der Waals surface area contributed by atoms with Gasteiger partial charge in [0.1, 0.15) is 0 Å². The SMILES string of the molecule is CCc1cnc(N2CC3C(C2)C3C(C)Cl)nc1. The van der Waals surface area contributed by atoms with Gasteiger partial charge in [-0.15, -0.1) is 11.6 Å². The molecule has 0 bridgehead atoms. The molecule has 4 heteroatoms. The lowest BCUT2D eigenvalue weighted by Gasteiger charge is -2.20. The van der Waals surface area contributed by atoms with Gasteiger partial charge in [-0.2, -0.15) is 0 Å². The van der Waals surface area contributed by atoms with E-state index in [1.54, 1.807) is 0 Å². The smallest absolute Gasteiger partial charge is 0.225 e. The third-order valence-corrected chi connectivity index (χ3v) is 4.46. The lowest BCUT2D eigenvalue weighted by Crippen LogP contribution is -2.27. The van der Waals surface area contributed by atoms with E-state index in [4.69, 9.17) is 11.6 Å². The molecule has 2 aliphatic rings. The van der Waals surface area contributed by atoms with Crippen molar-refractivity contribution in [2.75, 3.05) is 18.0 Å². The van der Waals surface area contributed by atoms with Gasteiger partial charge in [0.15, 0.2) is 0 Å². The van der Waals surface area contributed by atoms with Gasteiger partial charge in [0.05, 0.1) is 0 Å². The van der Waals surface area contributed by atoms with Crippen LogP contribution in [-0.4, -0.2) is 28.4 Å². The summed E-state index contributed by atoms with van der Waals surface area (Å²) in [6.07, 6.45) is 4.87. The molecule has 2 fully saturated rings. The lowest BCUT2D eigenvalue weighted by atomic mass is 10.2. The summed E-state index contributed by atoms with van der Waals surface area (Å²) in [5.74, 6) is 3.16. The molecule has 3 unspecified atom stereocenters. The number of nitrogens with zero attached hydrogens (tertiary/aromatic N) is 3. The largest absolute Gasteiger partial charge is 0.340 e. The molecule has 0 amide bonds. The van der Waals surface area contributed by atoms with Crippen LogP contribution in [0.3, 0.4) is 0 Å². The normalized spacial score (nSPS) is 32.4. The van der Waals surface area contributed by atoms with Crippen LogP contribution in [0, 0.1) is 17.8 Å². The molecule has 1 aromatic heterocycles. The minimum atomic E-state index is 0.315. The Hall–Kier alpha value is -0.830. The average molecular weight is 252 g/mol. The number of aromatic nitrogens is 2. The number of anilines is 1. The van der Waals surface area contributed by atoms with Crippen LogP contribution < -0.4 is 4.90 Å². The Balaban J connectivity index is 1.65. The third-order valence-electron chi connectivity index (χ3n) is 4.17. The molecule has 0 aromatic carbocycles. The van der Waals surface area contributed by atoms with Gasteiger partial charge in [-0.1, -0.05) is 6.92 Å². The lowest BCUT2D eigenvalue weighted by molar-refractivity contribution is 0.620. The molecular formula is C13H18ClN3. The maximum atomic E-state index is 6.16. The van der Waals surface area contributed by atoms with Crippen LogP contribution in [0.15, 0.2) is 12.4 Å². The minimum absolute atomic E-state index is 0.315. The maximum absolute atomic E-state index is 6.16. The standard InChI is InChI=1S/C13H18ClN3/c1-3-9-4-15-13(16-5-9)17-6-10-11(7-17)12(10)8(2)14/h4-5,8,10-12H,3,6-7H2,1-2H3. The van der Waals surface area contributed by atoms with Crippen molar-refractivity contribution in [3.63, 3.8) is 0 Å². The van der Waals surface area contributed by atoms with Gasteiger partial charge < -0.3 is 4.90 Å². The van der Waals surface area contributed by atoms with Crippen LogP contribution in [0.4, 0.5) is 5.95 Å². The van der Waals surface area contributed by atoms with Gasteiger partial charge in [0.2, 0.25) is 5.95 Å². The molecule has 3 rings (SSSR count). The zero-order chi connectivity index (χ0) is 12.0. The van der Waals surface area contributed by atoms with E-state index >= 15 is 0 Å². The monoisotopic (exact) mass is 251 g/mol. The minimum Gasteiger partial charge on any atom is -0.340 e. The fourth-order valence-electron chi connectivity index (χ4n) is 3.11. The molecule has 0 N–H and O–H groups in total. The highest BCUT2D eigenvalue weighted by Crippen LogP contribution is 2.55. The molecule has 3 nitrogen and oxygen atoms in total. The second-order valence-electron chi connectivity index (χ2n) is 5.23. The van der Waals surface area contributed by atoms with Crippen LogP contribution >= 0.6 is 11.6 Å². The number of hydrogen-bond donors (Lipinski definition) is 0. The van der Waals surface area contributed by atoms with E-state index < -0.39 is 0 Å². The van der Waals surface area contributed by atoms with Crippen molar-refractivity contribution < 1.29 is 0 Å². The number of fused-ring (bicyclic) bond motifs is 1. The summed E-state index contributed by atoms with van der Waals surface area (Å²) in [5.41, 5.74) is 1.20. The summed E-state index contributed by atoms with van der Waals surface area (Å²) in [6, 6.07) is 0. The first-order valence-corrected chi connectivity index (χ1v) is 6.84. The fraction of sp³-hybridized carbons (Fsp3) is 0.692.